The second-order valence-electron chi connectivity index (χ2n) is 3.54. The zero-order valence-corrected chi connectivity index (χ0v) is 9.85. The lowest BCUT2D eigenvalue weighted by Crippen LogP contribution is -1.84. The van der Waals surface area contributed by atoms with E-state index in [0.29, 0.717) is 0 Å². The average Bonchev–Trinajstić information content (AvgIpc) is 2.51. The fourth-order valence-corrected chi connectivity index (χ4v) is 1.99. The van der Waals surface area contributed by atoms with E-state index in [1.54, 1.807) is 0 Å². The highest BCUT2D eigenvalue weighted by atomic mass is 79.9. The quantitative estimate of drug-likeness (QED) is 0.785. The molecule has 0 aliphatic carbocycles. The largest absolute Gasteiger partial charge is 0.349 e. The van der Waals surface area contributed by atoms with Crippen LogP contribution in [0.25, 0.3) is 11.3 Å². The maximum absolute atomic E-state index is 3.41. The van der Waals surface area contributed by atoms with Gasteiger partial charge in [0.2, 0.25) is 0 Å². The smallest absolute Gasteiger partial charge is 0.0824 e. The van der Waals surface area contributed by atoms with E-state index in [9.17, 15) is 0 Å². The van der Waals surface area contributed by atoms with Gasteiger partial charge in [-0.1, -0.05) is 23.8 Å². The molecule has 72 valence electrons. The number of nitrogens with one attached hydrogen (secondary N) is 1. The van der Waals surface area contributed by atoms with E-state index < -0.39 is 0 Å². The van der Waals surface area contributed by atoms with E-state index in [-0.39, 0.29) is 0 Å². The van der Waals surface area contributed by atoms with Crippen LogP contribution in [-0.2, 0) is 0 Å². The Morgan fingerprint density at radius 3 is 2.43 bits per heavy atom. The third-order valence-corrected chi connectivity index (χ3v) is 2.79. The summed E-state index contributed by atoms with van der Waals surface area (Å²) in [4.78, 5) is 3.27. The van der Waals surface area contributed by atoms with E-state index in [0.717, 1.165) is 10.3 Å². The van der Waals surface area contributed by atoms with E-state index in [2.05, 4.69) is 59.0 Å². The molecule has 2 aromatic rings. The molecule has 0 atom stereocenters. The Bertz CT molecular complexity index is 457. The lowest BCUT2D eigenvalue weighted by atomic mass is 10.0. The Morgan fingerprint density at radius 1 is 1.07 bits per heavy atom. The van der Waals surface area contributed by atoms with Crippen LogP contribution in [0.1, 0.15) is 11.1 Å². The maximum atomic E-state index is 3.41. The third kappa shape index (κ3) is 1.75. The zero-order valence-electron chi connectivity index (χ0n) is 8.26. The fourth-order valence-electron chi connectivity index (χ4n) is 1.64. The Balaban J connectivity index is 2.52. The molecular formula is C12H12BrN. The minimum atomic E-state index is 1.02. The van der Waals surface area contributed by atoms with Crippen molar-refractivity contribution in [3.8, 4) is 11.3 Å². The van der Waals surface area contributed by atoms with Crippen LogP contribution >= 0.6 is 15.9 Å². The van der Waals surface area contributed by atoms with Gasteiger partial charge in [0.15, 0.2) is 0 Å². The van der Waals surface area contributed by atoms with Gasteiger partial charge in [0.25, 0.3) is 0 Å². The predicted octanol–water partition coefficient (Wildman–Crippen LogP) is 4.06. The number of benzene rings is 1. The van der Waals surface area contributed by atoms with Gasteiger partial charge in [0, 0.05) is 11.3 Å². The third-order valence-electron chi connectivity index (χ3n) is 2.32. The number of rotatable bonds is 1. The van der Waals surface area contributed by atoms with Crippen LogP contribution in [0.3, 0.4) is 0 Å². The first kappa shape index (κ1) is 9.53. The van der Waals surface area contributed by atoms with Crippen LogP contribution in [0.5, 0.6) is 0 Å². The minimum Gasteiger partial charge on any atom is -0.349 e. The topological polar surface area (TPSA) is 15.8 Å². The summed E-state index contributed by atoms with van der Waals surface area (Å²) in [7, 11) is 0. The van der Waals surface area contributed by atoms with E-state index in [1.807, 2.05) is 6.07 Å². The van der Waals surface area contributed by atoms with Gasteiger partial charge in [-0.05, 0) is 47.5 Å². The van der Waals surface area contributed by atoms with Crippen molar-refractivity contribution in [1.29, 1.82) is 0 Å². The minimum absolute atomic E-state index is 1.02. The lowest BCUT2D eigenvalue weighted by molar-refractivity contribution is 1.32. The summed E-state index contributed by atoms with van der Waals surface area (Å²) in [6, 6.07) is 10.6. The molecule has 1 N–H and O–H groups in total. The molecule has 1 nitrogen and oxygen atoms in total. The summed E-state index contributed by atoms with van der Waals surface area (Å²) in [6.07, 6.45) is 0. The van der Waals surface area contributed by atoms with Crippen molar-refractivity contribution in [1.82, 2.24) is 4.98 Å². The van der Waals surface area contributed by atoms with Gasteiger partial charge in [0.05, 0.1) is 4.60 Å². The Morgan fingerprint density at radius 2 is 1.86 bits per heavy atom. The summed E-state index contributed by atoms with van der Waals surface area (Å²) in [5, 5.41) is 0. The number of aromatic nitrogens is 1. The molecule has 0 spiro atoms. The molecule has 1 aromatic carbocycles. The fraction of sp³-hybridized carbons (Fsp3) is 0.167. The van der Waals surface area contributed by atoms with Crippen LogP contribution in [0.15, 0.2) is 34.9 Å². The molecule has 2 heteroatoms. The van der Waals surface area contributed by atoms with Crippen LogP contribution in [-0.4, -0.2) is 4.98 Å². The molecule has 2 rings (SSSR count). The van der Waals surface area contributed by atoms with Gasteiger partial charge in [0.1, 0.15) is 0 Å². The number of H-pyrrole nitrogens is 1. The highest BCUT2D eigenvalue weighted by Crippen LogP contribution is 2.24. The molecule has 0 unspecified atom stereocenters. The second-order valence-corrected chi connectivity index (χ2v) is 4.39. The highest BCUT2D eigenvalue weighted by Gasteiger charge is 2.03. The zero-order chi connectivity index (χ0) is 10.1. The van der Waals surface area contributed by atoms with Crippen molar-refractivity contribution in [3.63, 3.8) is 0 Å². The number of hydrogen-bond acceptors (Lipinski definition) is 0. The highest BCUT2D eigenvalue weighted by molar-refractivity contribution is 9.10. The summed E-state index contributed by atoms with van der Waals surface area (Å²) >= 11 is 3.41. The van der Waals surface area contributed by atoms with E-state index in [4.69, 9.17) is 0 Å². The summed E-state index contributed by atoms with van der Waals surface area (Å²) < 4.78 is 1.02. The van der Waals surface area contributed by atoms with Crippen molar-refractivity contribution in [2.24, 2.45) is 0 Å². The Hall–Kier alpha value is -1.02. The molecule has 1 heterocycles. The maximum Gasteiger partial charge on any atom is 0.0824 e. The molecule has 0 radical (unpaired) electrons. The molecule has 0 amide bonds. The average molecular weight is 250 g/mol. The second kappa shape index (κ2) is 3.62. The first-order valence-corrected chi connectivity index (χ1v) is 5.38. The van der Waals surface area contributed by atoms with Crippen molar-refractivity contribution in [2.45, 2.75) is 13.8 Å². The van der Waals surface area contributed by atoms with Crippen LogP contribution < -0.4 is 0 Å². The molecule has 1 aromatic heterocycles. The van der Waals surface area contributed by atoms with Crippen molar-refractivity contribution in [2.75, 3.05) is 0 Å². The standard InChI is InChI=1S/C12H12BrN/c1-8-3-4-10(9(2)7-8)11-5-6-12(13)14-11/h3-7,14H,1-2H3. The SMILES string of the molecule is Cc1ccc(-c2ccc(Br)[nH]2)c(C)c1. The molecule has 0 saturated carbocycles. The Kier molecular flexibility index (Phi) is 2.46. The van der Waals surface area contributed by atoms with Gasteiger partial charge in [-0.2, -0.15) is 0 Å². The molecule has 0 aliphatic heterocycles. The van der Waals surface area contributed by atoms with Crippen molar-refractivity contribution >= 4 is 15.9 Å². The van der Waals surface area contributed by atoms with Gasteiger partial charge in [-0.3, -0.25) is 0 Å². The molecular weight excluding hydrogens is 238 g/mol. The first-order chi connectivity index (χ1) is 6.66. The lowest BCUT2D eigenvalue weighted by Gasteiger charge is -2.04. The molecule has 0 saturated heterocycles. The Labute approximate surface area is 92.3 Å². The molecule has 0 bridgehead atoms. The summed E-state index contributed by atoms with van der Waals surface area (Å²) in [5.74, 6) is 0. The summed E-state index contributed by atoms with van der Waals surface area (Å²) in [5.41, 5.74) is 5.03. The van der Waals surface area contributed by atoms with Gasteiger partial charge in [-0.25, -0.2) is 0 Å². The van der Waals surface area contributed by atoms with Crippen LogP contribution in [0.4, 0.5) is 0 Å². The van der Waals surface area contributed by atoms with Gasteiger partial charge >= 0.3 is 0 Å². The van der Waals surface area contributed by atoms with Crippen molar-refractivity contribution in [3.05, 3.63) is 46.1 Å². The number of hydrogen-bond donors (Lipinski definition) is 1. The van der Waals surface area contributed by atoms with E-state index in [1.165, 1.54) is 16.7 Å². The van der Waals surface area contributed by atoms with Crippen molar-refractivity contribution < 1.29 is 0 Å². The monoisotopic (exact) mass is 249 g/mol. The predicted molar refractivity (Wildman–Crippen MR) is 63.4 cm³/mol. The van der Waals surface area contributed by atoms with Gasteiger partial charge in [-0.15, -0.1) is 0 Å². The van der Waals surface area contributed by atoms with Gasteiger partial charge < -0.3 is 4.98 Å². The summed E-state index contributed by atoms with van der Waals surface area (Å²) in [6.45, 7) is 4.25. The van der Waals surface area contributed by atoms with Crippen LogP contribution in [0, 0.1) is 13.8 Å². The molecule has 0 fully saturated rings. The normalized spacial score (nSPS) is 10.5. The van der Waals surface area contributed by atoms with E-state index >= 15 is 0 Å². The van der Waals surface area contributed by atoms with Crippen LogP contribution in [0.2, 0.25) is 0 Å². The number of halogens is 1. The number of aryl methyl sites for hydroxylation is 2. The number of aromatic amines is 1. The molecule has 14 heavy (non-hydrogen) atoms. The molecule has 0 aliphatic rings. The first-order valence-electron chi connectivity index (χ1n) is 4.59.